The number of fused-ring (bicyclic) bond motifs is 1. The molecule has 0 N–H and O–H groups in total. The van der Waals surface area contributed by atoms with Crippen LogP contribution in [0.2, 0.25) is 0 Å². The predicted molar refractivity (Wildman–Crippen MR) is 137 cm³/mol. The minimum absolute atomic E-state index is 0.105. The summed E-state index contributed by atoms with van der Waals surface area (Å²) in [7, 11) is 1.50. The average molecular weight is 523 g/mol. The molecule has 3 heterocycles. The van der Waals surface area contributed by atoms with Crippen molar-refractivity contribution in [1.82, 2.24) is 14.8 Å². The molecule has 10 heteroatoms. The molecule has 7 nitrogen and oxygen atoms in total. The van der Waals surface area contributed by atoms with E-state index in [2.05, 4.69) is 22.0 Å². The number of nitrogens with zero attached hydrogens (tertiary/aromatic N) is 4. The number of rotatable bonds is 4. The van der Waals surface area contributed by atoms with E-state index in [1.165, 1.54) is 12.0 Å². The second-order valence-corrected chi connectivity index (χ2v) is 8.96. The largest absolute Gasteiger partial charge is 0.496 e. The van der Waals surface area contributed by atoms with Gasteiger partial charge in [0.05, 0.1) is 23.8 Å². The number of alkyl halides is 3. The summed E-state index contributed by atoms with van der Waals surface area (Å²) in [6.07, 6.45) is 1.42. The lowest BCUT2D eigenvalue weighted by molar-refractivity contribution is -0.138. The molecule has 5 rings (SSSR count). The fraction of sp³-hybridized carbons (Fsp3) is 0.250. The van der Waals surface area contributed by atoms with Gasteiger partial charge in [-0.05, 0) is 29.8 Å². The van der Waals surface area contributed by atoms with E-state index in [0.717, 1.165) is 35.4 Å². The zero-order chi connectivity index (χ0) is 26.9. The number of hydrogen-bond acceptors (Lipinski definition) is 5. The van der Waals surface area contributed by atoms with Crippen LogP contribution >= 0.6 is 0 Å². The molecule has 1 fully saturated rings. The van der Waals surface area contributed by atoms with E-state index in [-0.39, 0.29) is 32.1 Å². The highest BCUT2D eigenvalue weighted by atomic mass is 19.4. The molecular weight excluding hydrogens is 497 g/mol. The maximum absolute atomic E-state index is 13.4. The summed E-state index contributed by atoms with van der Waals surface area (Å²) in [5.74, 6) is -0.602. The molecule has 196 valence electrons. The van der Waals surface area contributed by atoms with Crippen LogP contribution in [0.5, 0.6) is 5.75 Å². The number of amides is 2. The molecule has 1 saturated heterocycles. The molecule has 0 unspecified atom stereocenters. The van der Waals surface area contributed by atoms with E-state index in [9.17, 15) is 22.8 Å². The van der Waals surface area contributed by atoms with Crippen LogP contribution in [0.3, 0.4) is 0 Å². The number of anilines is 2. The quantitative estimate of drug-likeness (QED) is 0.489. The van der Waals surface area contributed by atoms with Gasteiger partial charge in [0.1, 0.15) is 5.75 Å². The number of carbonyl (C=O) groups is 2. The van der Waals surface area contributed by atoms with E-state index in [4.69, 9.17) is 4.74 Å². The minimum Gasteiger partial charge on any atom is -0.496 e. The zero-order valence-corrected chi connectivity index (χ0v) is 20.6. The van der Waals surface area contributed by atoms with Gasteiger partial charge in [0, 0.05) is 62.6 Å². The summed E-state index contributed by atoms with van der Waals surface area (Å²) in [5, 5.41) is 0. The lowest BCUT2D eigenvalue weighted by atomic mass is 10.1. The van der Waals surface area contributed by atoms with Crippen LogP contribution in [0.25, 0.3) is 6.08 Å². The molecule has 2 amide bonds. The summed E-state index contributed by atoms with van der Waals surface area (Å²) in [5.41, 5.74) is 1.89. The van der Waals surface area contributed by atoms with E-state index in [1.807, 2.05) is 36.4 Å². The fourth-order valence-corrected chi connectivity index (χ4v) is 4.79. The van der Waals surface area contributed by atoms with Crippen LogP contribution in [0.4, 0.5) is 24.5 Å². The van der Waals surface area contributed by atoms with Crippen molar-refractivity contribution in [2.75, 3.05) is 44.7 Å². The summed E-state index contributed by atoms with van der Waals surface area (Å²) >= 11 is 0. The molecule has 2 aliphatic rings. The Labute approximate surface area is 217 Å². The van der Waals surface area contributed by atoms with Gasteiger partial charge in [-0.2, -0.15) is 13.2 Å². The number of carbonyl (C=O) groups excluding carboxylic acids is 2. The molecule has 38 heavy (non-hydrogen) atoms. The van der Waals surface area contributed by atoms with Crippen LogP contribution in [0.15, 0.2) is 67.0 Å². The first kappa shape index (κ1) is 25.3. The number of ether oxygens (including phenoxy) is 1. The molecule has 0 radical (unpaired) electrons. The number of para-hydroxylation sites is 1. The molecule has 2 aromatic carbocycles. The number of aromatic nitrogens is 1. The first-order valence-corrected chi connectivity index (χ1v) is 12.1. The van der Waals surface area contributed by atoms with Crippen LogP contribution < -0.4 is 9.64 Å². The van der Waals surface area contributed by atoms with Crippen molar-refractivity contribution < 1.29 is 27.5 Å². The topological polar surface area (TPSA) is 66.0 Å². The summed E-state index contributed by atoms with van der Waals surface area (Å²) in [6, 6.07) is 14.2. The number of pyridine rings is 1. The zero-order valence-electron chi connectivity index (χ0n) is 20.6. The van der Waals surface area contributed by atoms with Crippen LogP contribution in [-0.2, 0) is 6.18 Å². The number of benzene rings is 2. The lowest BCUT2D eigenvalue weighted by Gasteiger charge is -2.35. The third kappa shape index (κ3) is 4.81. The Hall–Kier alpha value is -4.34. The number of piperazine rings is 1. The summed E-state index contributed by atoms with van der Waals surface area (Å²) in [4.78, 5) is 34.9. The fourth-order valence-electron chi connectivity index (χ4n) is 4.79. The number of methoxy groups -OCH3 is 1. The maximum Gasteiger partial charge on any atom is 0.417 e. The van der Waals surface area contributed by atoms with Gasteiger partial charge in [0.2, 0.25) is 0 Å². The van der Waals surface area contributed by atoms with Crippen LogP contribution in [0.1, 0.15) is 31.8 Å². The smallest absolute Gasteiger partial charge is 0.417 e. The Morgan fingerprint density at radius 3 is 2.29 bits per heavy atom. The van der Waals surface area contributed by atoms with Gasteiger partial charge in [-0.25, -0.2) is 0 Å². The van der Waals surface area contributed by atoms with Crippen LogP contribution in [0, 0.1) is 0 Å². The minimum atomic E-state index is -4.67. The third-order valence-corrected chi connectivity index (χ3v) is 6.75. The highest BCUT2D eigenvalue weighted by Gasteiger charge is 2.37. The van der Waals surface area contributed by atoms with Crippen molar-refractivity contribution in [3.05, 3.63) is 89.3 Å². The van der Waals surface area contributed by atoms with E-state index >= 15 is 0 Å². The lowest BCUT2D eigenvalue weighted by Crippen LogP contribution is -2.50. The maximum atomic E-state index is 13.4. The monoisotopic (exact) mass is 522 g/mol. The standard InChI is InChI=1S/C28H25F3N4O3/c1-38-25-17-20(35-12-4-6-19-5-2-3-7-24(19)35)8-9-21(25)26(36)33-13-15-34(16-14-33)27(37)22-18-32-11-10-23(22)28(29,30)31/h2-11,17-18H,12-16H2,1H3. The van der Waals surface area contributed by atoms with E-state index in [0.29, 0.717) is 17.9 Å². The number of halogens is 3. The van der Waals surface area contributed by atoms with Gasteiger partial charge in [0.25, 0.3) is 11.8 Å². The molecule has 0 aliphatic carbocycles. The van der Waals surface area contributed by atoms with Crippen molar-refractivity contribution in [2.24, 2.45) is 0 Å². The Morgan fingerprint density at radius 1 is 0.921 bits per heavy atom. The van der Waals surface area contributed by atoms with Gasteiger partial charge in [0.15, 0.2) is 0 Å². The Balaban J connectivity index is 1.30. The van der Waals surface area contributed by atoms with Crippen molar-refractivity contribution in [1.29, 1.82) is 0 Å². The molecular formula is C28H25F3N4O3. The molecule has 0 bridgehead atoms. The Kier molecular flexibility index (Phi) is 6.79. The second kappa shape index (κ2) is 10.2. The highest BCUT2D eigenvalue weighted by molar-refractivity contribution is 5.99. The SMILES string of the molecule is COc1cc(N2CC=Cc3ccccc32)ccc1C(=O)N1CCN(C(=O)c2cnccc2C(F)(F)F)CC1. The number of hydrogen-bond donors (Lipinski definition) is 0. The van der Waals surface area contributed by atoms with Crippen molar-refractivity contribution in [3.63, 3.8) is 0 Å². The normalized spacial score (nSPS) is 15.3. The molecule has 3 aromatic rings. The highest BCUT2D eigenvalue weighted by Crippen LogP contribution is 2.36. The van der Waals surface area contributed by atoms with Crippen molar-refractivity contribution in [2.45, 2.75) is 6.18 Å². The molecule has 0 spiro atoms. The molecule has 0 saturated carbocycles. The van der Waals surface area contributed by atoms with Crippen LogP contribution in [-0.4, -0.2) is 66.4 Å². The Bertz CT molecular complexity index is 1400. The van der Waals surface area contributed by atoms with Crippen molar-refractivity contribution >= 4 is 29.3 Å². The third-order valence-electron chi connectivity index (χ3n) is 6.75. The Morgan fingerprint density at radius 2 is 1.61 bits per heavy atom. The van der Waals surface area contributed by atoms with E-state index < -0.39 is 23.2 Å². The van der Waals surface area contributed by atoms with Gasteiger partial charge >= 0.3 is 6.18 Å². The van der Waals surface area contributed by atoms with Gasteiger partial charge in [-0.15, -0.1) is 0 Å². The van der Waals surface area contributed by atoms with Crippen molar-refractivity contribution in [3.8, 4) is 5.75 Å². The molecule has 1 aromatic heterocycles. The van der Waals surface area contributed by atoms with Gasteiger partial charge < -0.3 is 19.4 Å². The first-order valence-electron chi connectivity index (χ1n) is 12.1. The first-order chi connectivity index (χ1) is 18.3. The second-order valence-electron chi connectivity index (χ2n) is 8.96. The molecule has 2 aliphatic heterocycles. The summed E-state index contributed by atoms with van der Waals surface area (Å²) in [6.45, 7) is 1.25. The average Bonchev–Trinajstić information content (AvgIpc) is 2.95. The van der Waals surface area contributed by atoms with Gasteiger partial charge in [-0.3, -0.25) is 14.6 Å². The van der Waals surface area contributed by atoms with E-state index in [1.54, 1.807) is 11.0 Å². The predicted octanol–water partition coefficient (Wildman–Crippen LogP) is 4.87. The summed E-state index contributed by atoms with van der Waals surface area (Å²) < 4.78 is 45.6. The molecule has 0 atom stereocenters. The van der Waals surface area contributed by atoms with Gasteiger partial charge in [-0.1, -0.05) is 30.4 Å².